The molecule has 2 aromatic heterocycles. The Morgan fingerprint density at radius 3 is 2.76 bits per heavy atom. The van der Waals surface area contributed by atoms with E-state index < -0.39 is 0 Å². The van der Waals surface area contributed by atoms with Gasteiger partial charge in [-0.05, 0) is 23.9 Å². The van der Waals surface area contributed by atoms with Crippen molar-refractivity contribution in [2.24, 2.45) is 7.05 Å². The summed E-state index contributed by atoms with van der Waals surface area (Å²) in [5.74, 6) is 0.403. The third-order valence-corrected chi connectivity index (χ3v) is 7.02. The van der Waals surface area contributed by atoms with Crippen LogP contribution in [0.4, 0.5) is 0 Å². The fourth-order valence-corrected chi connectivity index (χ4v) is 5.23. The lowest BCUT2D eigenvalue weighted by molar-refractivity contribution is -0.130. The Morgan fingerprint density at radius 1 is 1.21 bits per heavy atom. The first-order valence-corrected chi connectivity index (χ1v) is 11.5. The number of carbonyl (C=O) groups excluding carboxylic acids is 1. The van der Waals surface area contributed by atoms with Crippen LogP contribution >= 0.6 is 23.1 Å². The van der Waals surface area contributed by atoms with Gasteiger partial charge in [-0.1, -0.05) is 41.6 Å². The molecule has 1 saturated heterocycles. The van der Waals surface area contributed by atoms with Gasteiger partial charge in [0.2, 0.25) is 5.91 Å². The average Bonchev–Trinajstić information content (AvgIpc) is 3.19. The van der Waals surface area contributed by atoms with E-state index in [-0.39, 0.29) is 11.5 Å². The highest BCUT2D eigenvalue weighted by Gasteiger charge is 2.22. The topological polar surface area (TPSA) is 58.4 Å². The van der Waals surface area contributed by atoms with Crippen LogP contribution in [0.5, 0.6) is 0 Å². The molecule has 0 spiro atoms. The number of aryl methyl sites for hydroxylation is 1. The van der Waals surface area contributed by atoms with Crippen molar-refractivity contribution in [2.75, 3.05) is 31.9 Å². The zero-order valence-corrected chi connectivity index (χ0v) is 18.3. The van der Waals surface area contributed by atoms with Crippen LogP contribution in [0.2, 0.25) is 0 Å². The van der Waals surface area contributed by atoms with E-state index >= 15 is 0 Å². The van der Waals surface area contributed by atoms with E-state index in [1.54, 1.807) is 13.1 Å². The maximum Gasteiger partial charge on any atom is 0.262 e. The maximum atomic E-state index is 12.7. The summed E-state index contributed by atoms with van der Waals surface area (Å²) in [5, 5.41) is 3.10. The van der Waals surface area contributed by atoms with E-state index in [1.165, 1.54) is 38.8 Å². The predicted octanol–water partition coefficient (Wildman–Crippen LogP) is 2.74. The Hall–Kier alpha value is -2.16. The summed E-state index contributed by atoms with van der Waals surface area (Å²) in [6.45, 7) is 6.26. The van der Waals surface area contributed by atoms with Gasteiger partial charge in [0.25, 0.3) is 5.56 Å². The number of carbonyl (C=O) groups is 1. The summed E-state index contributed by atoms with van der Waals surface area (Å²) in [7, 11) is 1.71. The summed E-state index contributed by atoms with van der Waals surface area (Å²) in [6, 6.07) is 10.4. The molecule has 0 bridgehead atoms. The number of rotatable bonds is 5. The van der Waals surface area contributed by atoms with Gasteiger partial charge in [-0.2, -0.15) is 0 Å². The third-order valence-electron chi connectivity index (χ3n) is 5.20. The maximum absolute atomic E-state index is 12.7. The molecule has 6 nitrogen and oxygen atoms in total. The third kappa shape index (κ3) is 4.55. The van der Waals surface area contributed by atoms with Crippen molar-refractivity contribution in [3.8, 4) is 0 Å². The van der Waals surface area contributed by atoms with Gasteiger partial charge in [0.05, 0.1) is 11.1 Å². The van der Waals surface area contributed by atoms with Crippen LogP contribution in [0.1, 0.15) is 11.1 Å². The molecule has 1 aliphatic rings. The Labute approximate surface area is 178 Å². The zero-order valence-electron chi connectivity index (χ0n) is 16.6. The molecule has 0 saturated carbocycles. The zero-order chi connectivity index (χ0) is 20.4. The number of hydrogen-bond acceptors (Lipinski definition) is 6. The molecule has 0 aliphatic carbocycles. The van der Waals surface area contributed by atoms with Gasteiger partial charge >= 0.3 is 0 Å². The molecular weight excluding hydrogens is 404 g/mol. The quantitative estimate of drug-likeness (QED) is 0.462. The number of nitrogens with zero attached hydrogens (tertiary/aromatic N) is 4. The van der Waals surface area contributed by atoms with Crippen molar-refractivity contribution in [1.29, 1.82) is 0 Å². The number of benzene rings is 1. The molecule has 0 N–H and O–H groups in total. The number of hydrogen-bond donors (Lipinski definition) is 0. The van der Waals surface area contributed by atoms with Gasteiger partial charge in [0, 0.05) is 39.8 Å². The first kappa shape index (κ1) is 20.1. The molecule has 4 rings (SSSR count). The second kappa shape index (κ2) is 8.69. The number of thiophene rings is 1. The molecule has 1 amide bonds. The van der Waals surface area contributed by atoms with E-state index in [0.717, 1.165) is 37.6 Å². The summed E-state index contributed by atoms with van der Waals surface area (Å²) >= 11 is 2.79. The molecule has 0 atom stereocenters. The summed E-state index contributed by atoms with van der Waals surface area (Å²) in [4.78, 5) is 34.6. The molecule has 0 radical (unpaired) electrons. The lowest BCUT2D eigenvalue weighted by Crippen LogP contribution is -2.48. The number of fused-ring (bicyclic) bond motifs is 1. The van der Waals surface area contributed by atoms with Crippen molar-refractivity contribution < 1.29 is 4.79 Å². The summed E-state index contributed by atoms with van der Waals surface area (Å²) in [6.07, 6.45) is 0. The molecule has 1 aromatic carbocycles. The van der Waals surface area contributed by atoms with E-state index in [0.29, 0.717) is 16.3 Å². The molecule has 3 aromatic rings. The molecule has 8 heteroatoms. The molecule has 152 valence electrons. The predicted molar refractivity (Wildman–Crippen MR) is 119 cm³/mol. The van der Waals surface area contributed by atoms with Crippen molar-refractivity contribution in [2.45, 2.75) is 18.6 Å². The van der Waals surface area contributed by atoms with Crippen LogP contribution in [0, 0.1) is 6.92 Å². The van der Waals surface area contributed by atoms with Gasteiger partial charge in [0.15, 0.2) is 5.16 Å². The first-order chi connectivity index (χ1) is 14.0. The average molecular weight is 429 g/mol. The van der Waals surface area contributed by atoms with Crippen LogP contribution in [0.3, 0.4) is 0 Å². The van der Waals surface area contributed by atoms with Gasteiger partial charge in [0.1, 0.15) is 4.83 Å². The number of piperazine rings is 1. The van der Waals surface area contributed by atoms with Crippen molar-refractivity contribution in [3.63, 3.8) is 0 Å². The highest BCUT2D eigenvalue weighted by molar-refractivity contribution is 7.99. The molecule has 29 heavy (non-hydrogen) atoms. The standard InChI is InChI=1S/C21H24N4O2S2/c1-15-4-3-5-16(12-15)13-24-7-9-25(10-8-24)18(26)14-29-21-22-19-17(6-11-28-19)20(27)23(21)2/h3-6,11-12H,7-10,13-14H2,1-2H3. The Balaban J connectivity index is 1.31. The van der Waals surface area contributed by atoms with E-state index in [2.05, 4.69) is 41.1 Å². The lowest BCUT2D eigenvalue weighted by Gasteiger charge is -2.34. The Bertz CT molecular complexity index is 1080. The second-order valence-corrected chi connectivity index (χ2v) is 9.17. The summed E-state index contributed by atoms with van der Waals surface area (Å²) < 4.78 is 1.53. The highest BCUT2D eigenvalue weighted by Crippen LogP contribution is 2.21. The van der Waals surface area contributed by atoms with Crippen LogP contribution in [-0.4, -0.2) is 57.2 Å². The number of aromatic nitrogens is 2. The van der Waals surface area contributed by atoms with Crippen LogP contribution in [0.25, 0.3) is 10.2 Å². The minimum Gasteiger partial charge on any atom is -0.339 e. The Morgan fingerprint density at radius 2 is 2.00 bits per heavy atom. The second-order valence-electron chi connectivity index (χ2n) is 7.33. The van der Waals surface area contributed by atoms with Crippen LogP contribution in [0.15, 0.2) is 45.7 Å². The molecule has 3 heterocycles. The van der Waals surface area contributed by atoms with E-state index in [1.807, 2.05) is 10.3 Å². The smallest absolute Gasteiger partial charge is 0.262 e. The summed E-state index contributed by atoms with van der Waals surface area (Å²) in [5.41, 5.74) is 2.53. The largest absolute Gasteiger partial charge is 0.339 e. The lowest BCUT2D eigenvalue weighted by atomic mass is 10.1. The Kier molecular flexibility index (Phi) is 6.03. The molecule has 1 fully saturated rings. The SMILES string of the molecule is Cc1cccc(CN2CCN(C(=O)CSc3nc4sccc4c(=O)n3C)CC2)c1. The molecule has 0 unspecified atom stereocenters. The first-order valence-electron chi connectivity index (χ1n) is 9.64. The van der Waals surface area contributed by atoms with Crippen LogP contribution < -0.4 is 5.56 Å². The molecule has 1 aliphatic heterocycles. The van der Waals surface area contributed by atoms with Gasteiger partial charge in [-0.25, -0.2) is 4.98 Å². The van der Waals surface area contributed by atoms with E-state index in [4.69, 9.17) is 0 Å². The van der Waals surface area contributed by atoms with Gasteiger partial charge < -0.3 is 4.90 Å². The highest BCUT2D eigenvalue weighted by atomic mass is 32.2. The minimum absolute atomic E-state index is 0.0593. The van der Waals surface area contributed by atoms with Crippen molar-refractivity contribution in [3.05, 3.63) is 57.2 Å². The fourth-order valence-electron chi connectivity index (χ4n) is 3.55. The van der Waals surface area contributed by atoms with Crippen molar-refractivity contribution >= 4 is 39.2 Å². The fraction of sp³-hybridized carbons (Fsp3) is 0.381. The number of amides is 1. The monoisotopic (exact) mass is 428 g/mol. The van der Waals surface area contributed by atoms with Gasteiger partial charge in [-0.3, -0.25) is 19.1 Å². The van der Waals surface area contributed by atoms with E-state index in [9.17, 15) is 9.59 Å². The van der Waals surface area contributed by atoms with Crippen molar-refractivity contribution in [1.82, 2.24) is 19.4 Å². The normalized spacial score (nSPS) is 15.2. The number of thioether (sulfide) groups is 1. The molecular formula is C21H24N4O2S2. The van der Waals surface area contributed by atoms with Crippen LogP contribution in [-0.2, 0) is 18.4 Å². The minimum atomic E-state index is -0.0593. The van der Waals surface area contributed by atoms with Gasteiger partial charge in [-0.15, -0.1) is 11.3 Å².